The van der Waals surface area contributed by atoms with Gasteiger partial charge in [0.25, 0.3) is 0 Å². The first-order valence-electron chi connectivity index (χ1n) is 15.2. The molecule has 0 aromatic carbocycles. The van der Waals surface area contributed by atoms with Crippen LogP contribution in [0.4, 0.5) is 0 Å². The molecule has 4 rings (SSSR count). The summed E-state index contributed by atoms with van der Waals surface area (Å²) in [4.78, 5) is 39.8. The van der Waals surface area contributed by atoms with Crippen LogP contribution in [-0.4, -0.2) is 62.6 Å². The Bertz CT molecular complexity index is 1180. The standard InChI is InChI=1S/C33H48O8/c1-8-10-11-12-13-14-25(35)41-33-26(30(33,6)7)23-16-22(18-34)17-31(38)24(15-20(4)27(31)36)32(23,39)21(5)28(33)40-29(37)19(3)9-2/h9,15-16,21,23-24,26,28,34,38-39H,8,10-14,17-18H2,1-7H3/b19-9+/t21-,23+,24-,26-,28?,31-,32-,33-/m1/s1. The average Bonchev–Trinajstić information content (AvgIpc) is 3.35. The Balaban J connectivity index is 1.81. The summed E-state index contributed by atoms with van der Waals surface area (Å²) >= 11 is 0. The highest BCUT2D eigenvalue weighted by Gasteiger charge is 2.88. The highest BCUT2D eigenvalue weighted by molar-refractivity contribution is 6.04. The van der Waals surface area contributed by atoms with Gasteiger partial charge in [0.15, 0.2) is 11.4 Å². The Kier molecular flexibility index (Phi) is 8.55. The number of allylic oxidation sites excluding steroid dienone is 1. The lowest BCUT2D eigenvalue weighted by atomic mass is 9.59. The van der Waals surface area contributed by atoms with E-state index in [4.69, 9.17) is 9.47 Å². The number of ether oxygens (including phenoxy) is 2. The minimum atomic E-state index is -1.95. The molecule has 0 spiro atoms. The van der Waals surface area contributed by atoms with E-state index in [1.165, 1.54) is 0 Å². The molecule has 8 nitrogen and oxygen atoms in total. The summed E-state index contributed by atoms with van der Waals surface area (Å²) in [5.74, 6) is -4.44. The molecule has 41 heavy (non-hydrogen) atoms. The second kappa shape index (κ2) is 11.1. The normalized spacial score (nSPS) is 39.0. The number of ketones is 1. The fraction of sp³-hybridized carbons (Fsp3) is 0.727. The van der Waals surface area contributed by atoms with Gasteiger partial charge in [-0.25, -0.2) is 4.79 Å². The molecule has 4 aliphatic carbocycles. The molecule has 0 bridgehead atoms. The van der Waals surface area contributed by atoms with Gasteiger partial charge in [-0.05, 0) is 38.3 Å². The molecule has 228 valence electrons. The molecule has 8 atom stereocenters. The molecule has 1 unspecified atom stereocenters. The quantitative estimate of drug-likeness (QED) is 0.152. The van der Waals surface area contributed by atoms with E-state index < -0.39 is 63.7 Å². The molecule has 2 saturated carbocycles. The van der Waals surface area contributed by atoms with Crippen LogP contribution in [0, 0.1) is 29.1 Å². The first kappa shape index (κ1) is 31.6. The summed E-state index contributed by atoms with van der Waals surface area (Å²) in [6.45, 7) is 12.4. The number of carbonyl (C=O) groups excluding carboxylic acids is 3. The van der Waals surface area contributed by atoms with E-state index in [0.29, 0.717) is 23.1 Å². The Hall–Kier alpha value is -2.29. The monoisotopic (exact) mass is 572 g/mol. The summed E-state index contributed by atoms with van der Waals surface area (Å²) in [5, 5.41) is 34.9. The van der Waals surface area contributed by atoms with Crippen LogP contribution >= 0.6 is 0 Å². The van der Waals surface area contributed by atoms with Crippen LogP contribution in [0.5, 0.6) is 0 Å². The fourth-order valence-electron chi connectivity index (χ4n) is 8.26. The fourth-order valence-corrected chi connectivity index (χ4v) is 8.26. The van der Waals surface area contributed by atoms with Gasteiger partial charge < -0.3 is 24.8 Å². The van der Waals surface area contributed by atoms with E-state index in [9.17, 15) is 29.7 Å². The molecule has 3 N–H and O–H groups in total. The second-order valence-electron chi connectivity index (χ2n) is 13.4. The van der Waals surface area contributed by atoms with Gasteiger partial charge in [0, 0.05) is 47.5 Å². The topological polar surface area (TPSA) is 130 Å². The van der Waals surface area contributed by atoms with Gasteiger partial charge in [-0.15, -0.1) is 0 Å². The van der Waals surface area contributed by atoms with E-state index in [-0.39, 0.29) is 25.4 Å². The van der Waals surface area contributed by atoms with Crippen LogP contribution in [-0.2, 0) is 23.9 Å². The van der Waals surface area contributed by atoms with Crippen molar-refractivity contribution in [3.63, 3.8) is 0 Å². The average molecular weight is 573 g/mol. The summed E-state index contributed by atoms with van der Waals surface area (Å²) in [5.41, 5.74) is -4.46. The lowest BCUT2D eigenvalue weighted by Gasteiger charge is -2.53. The third-order valence-corrected chi connectivity index (χ3v) is 10.7. The Labute approximate surface area is 243 Å². The Morgan fingerprint density at radius 1 is 1.12 bits per heavy atom. The van der Waals surface area contributed by atoms with E-state index in [1.54, 1.807) is 45.9 Å². The van der Waals surface area contributed by atoms with Crippen molar-refractivity contribution in [2.45, 2.75) is 116 Å². The number of hydrogen-bond donors (Lipinski definition) is 3. The molecule has 0 aliphatic heterocycles. The molecule has 0 radical (unpaired) electrons. The number of unbranched alkanes of at least 4 members (excludes halogenated alkanes) is 4. The van der Waals surface area contributed by atoms with Crippen molar-refractivity contribution in [1.82, 2.24) is 0 Å². The van der Waals surface area contributed by atoms with Gasteiger partial charge in [0.2, 0.25) is 0 Å². The van der Waals surface area contributed by atoms with E-state index >= 15 is 0 Å². The third kappa shape index (κ3) is 4.65. The molecule has 2 fully saturated rings. The third-order valence-electron chi connectivity index (χ3n) is 10.7. The first-order chi connectivity index (χ1) is 19.2. The maximum Gasteiger partial charge on any atom is 0.333 e. The molecule has 0 aromatic rings. The highest BCUT2D eigenvalue weighted by Crippen LogP contribution is 2.77. The van der Waals surface area contributed by atoms with Crippen molar-refractivity contribution >= 4 is 17.7 Å². The SMILES string of the molecule is C/C=C(\C)C(=O)OC1[C@@H](C)[C@@]2(O)[C@@H](C=C(CO)C[C@]3(O)C(=O)C(C)=C[C@@H]23)[C@@H]2C(C)(C)[C@]12OC(=O)CCCCCCC. The number of fused-ring (bicyclic) bond motifs is 5. The zero-order valence-electron chi connectivity index (χ0n) is 25.7. The van der Waals surface area contributed by atoms with Gasteiger partial charge in [0.1, 0.15) is 11.7 Å². The molecule has 0 amide bonds. The number of carbonyl (C=O) groups is 3. The number of rotatable bonds is 10. The molecular formula is C33H48O8. The van der Waals surface area contributed by atoms with Crippen molar-refractivity contribution in [2.75, 3.05) is 6.61 Å². The van der Waals surface area contributed by atoms with Gasteiger partial charge in [0.05, 0.1) is 12.2 Å². The van der Waals surface area contributed by atoms with E-state index in [0.717, 1.165) is 25.7 Å². The minimum absolute atomic E-state index is 0.119. The smallest absolute Gasteiger partial charge is 0.333 e. The predicted octanol–water partition coefficient (Wildman–Crippen LogP) is 4.36. The van der Waals surface area contributed by atoms with E-state index in [1.807, 2.05) is 13.8 Å². The van der Waals surface area contributed by atoms with Crippen molar-refractivity contribution in [1.29, 1.82) is 0 Å². The van der Waals surface area contributed by atoms with Gasteiger partial charge in [-0.1, -0.05) is 71.6 Å². The van der Waals surface area contributed by atoms with Crippen molar-refractivity contribution in [3.8, 4) is 0 Å². The molecule has 0 saturated heterocycles. The second-order valence-corrected chi connectivity index (χ2v) is 13.4. The molecule has 0 aromatic heterocycles. The van der Waals surface area contributed by atoms with Gasteiger partial charge in [-0.2, -0.15) is 0 Å². The minimum Gasteiger partial charge on any atom is -0.454 e. The van der Waals surface area contributed by atoms with Crippen LogP contribution in [0.25, 0.3) is 0 Å². The Morgan fingerprint density at radius 3 is 2.39 bits per heavy atom. The summed E-state index contributed by atoms with van der Waals surface area (Å²) in [7, 11) is 0. The van der Waals surface area contributed by atoms with Crippen molar-refractivity contribution < 1.29 is 39.2 Å². The predicted molar refractivity (Wildman–Crippen MR) is 153 cm³/mol. The molecule has 4 aliphatic rings. The molecule has 8 heteroatoms. The van der Waals surface area contributed by atoms with Crippen LogP contribution in [0.15, 0.2) is 34.9 Å². The number of esters is 2. The van der Waals surface area contributed by atoms with Crippen molar-refractivity contribution in [3.05, 3.63) is 34.9 Å². The number of Topliss-reactive ketones (excluding diaryl/α,β-unsaturated/α-hetero) is 1. The number of hydrogen-bond acceptors (Lipinski definition) is 8. The van der Waals surface area contributed by atoms with Crippen LogP contribution < -0.4 is 0 Å². The van der Waals surface area contributed by atoms with Crippen LogP contribution in [0.1, 0.15) is 93.4 Å². The highest BCUT2D eigenvalue weighted by atomic mass is 16.6. The zero-order chi connectivity index (χ0) is 30.5. The number of aliphatic hydroxyl groups excluding tert-OH is 1. The maximum atomic E-state index is 13.4. The molecule has 0 heterocycles. The summed E-state index contributed by atoms with van der Waals surface area (Å²) in [6.07, 6.45) is 8.99. The Morgan fingerprint density at radius 2 is 1.78 bits per heavy atom. The van der Waals surface area contributed by atoms with Crippen LogP contribution in [0.2, 0.25) is 0 Å². The summed E-state index contributed by atoms with van der Waals surface area (Å²) in [6, 6.07) is 0. The maximum absolute atomic E-state index is 13.4. The molecular weight excluding hydrogens is 524 g/mol. The largest absolute Gasteiger partial charge is 0.454 e. The van der Waals surface area contributed by atoms with Crippen molar-refractivity contribution in [2.24, 2.45) is 29.1 Å². The van der Waals surface area contributed by atoms with Gasteiger partial charge >= 0.3 is 11.9 Å². The van der Waals surface area contributed by atoms with E-state index in [2.05, 4.69) is 6.92 Å². The number of aliphatic hydroxyl groups is 3. The van der Waals surface area contributed by atoms with Gasteiger partial charge in [-0.3, -0.25) is 9.59 Å². The van der Waals surface area contributed by atoms with Crippen LogP contribution in [0.3, 0.4) is 0 Å². The lowest BCUT2D eigenvalue weighted by Crippen LogP contribution is -2.66. The lowest BCUT2D eigenvalue weighted by molar-refractivity contribution is -0.227. The zero-order valence-corrected chi connectivity index (χ0v) is 25.7. The summed E-state index contributed by atoms with van der Waals surface area (Å²) < 4.78 is 12.5. The first-order valence-corrected chi connectivity index (χ1v) is 15.2.